The molecule has 0 aliphatic heterocycles. The lowest BCUT2D eigenvalue weighted by molar-refractivity contribution is 0.449. The largest absolute Gasteiger partial charge is 0.377 e. The van der Waals surface area contributed by atoms with Crippen LogP contribution in [0.5, 0.6) is 0 Å². The van der Waals surface area contributed by atoms with Crippen LogP contribution in [0.1, 0.15) is 5.69 Å². The summed E-state index contributed by atoms with van der Waals surface area (Å²) in [5, 5.41) is 4.31. The number of benzene rings is 1. The van der Waals surface area contributed by atoms with Crippen molar-refractivity contribution in [3.05, 3.63) is 63.3 Å². The maximum Gasteiger partial charge on any atom is 0.258 e. The number of fused-ring (bicyclic) bond motifs is 1. The minimum Gasteiger partial charge on any atom is -0.377 e. The first-order chi connectivity index (χ1) is 10.1. The van der Waals surface area contributed by atoms with E-state index in [2.05, 4.69) is 10.3 Å². The number of halogens is 3. The van der Waals surface area contributed by atoms with Crippen LogP contribution >= 0.6 is 11.3 Å². The van der Waals surface area contributed by atoms with Gasteiger partial charge >= 0.3 is 0 Å². The van der Waals surface area contributed by atoms with E-state index in [1.807, 2.05) is 0 Å². The fourth-order valence-electron chi connectivity index (χ4n) is 1.83. The van der Waals surface area contributed by atoms with Gasteiger partial charge < -0.3 is 5.32 Å². The molecule has 1 N–H and O–H groups in total. The van der Waals surface area contributed by atoms with Crippen LogP contribution in [0.4, 0.5) is 18.9 Å². The highest BCUT2D eigenvalue weighted by molar-refractivity contribution is 7.15. The number of nitrogens with one attached hydrogen (secondary N) is 1. The molecule has 1 aromatic carbocycles. The highest BCUT2D eigenvalue weighted by atomic mass is 32.1. The SMILES string of the molecule is O=c1cc(CNc2ccc(F)c(F)c2F)nc2sccn12. The van der Waals surface area contributed by atoms with Crippen molar-refractivity contribution in [1.29, 1.82) is 0 Å². The van der Waals surface area contributed by atoms with E-state index in [0.717, 1.165) is 12.1 Å². The first-order valence-corrected chi connectivity index (χ1v) is 6.77. The minimum absolute atomic E-state index is 0.0195. The van der Waals surface area contributed by atoms with Gasteiger partial charge in [0.05, 0.1) is 17.9 Å². The molecule has 0 aliphatic carbocycles. The molecule has 0 radical (unpaired) electrons. The Morgan fingerprint density at radius 1 is 1.24 bits per heavy atom. The summed E-state index contributed by atoms with van der Waals surface area (Å²) in [6.07, 6.45) is 1.60. The summed E-state index contributed by atoms with van der Waals surface area (Å²) in [6, 6.07) is 3.21. The summed E-state index contributed by atoms with van der Waals surface area (Å²) < 4.78 is 40.8. The summed E-state index contributed by atoms with van der Waals surface area (Å²) in [4.78, 5) is 16.5. The van der Waals surface area contributed by atoms with E-state index in [1.54, 1.807) is 11.6 Å². The van der Waals surface area contributed by atoms with Crippen molar-refractivity contribution < 1.29 is 13.2 Å². The Bertz CT molecular complexity index is 875. The fraction of sp³-hybridized carbons (Fsp3) is 0.0769. The molecule has 2 heterocycles. The van der Waals surface area contributed by atoms with Gasteiger partial charge in [-0.3, -0.25) is 9.20 Å². The number of nitrogens with zero attached hydrogens (tertiary/aromatic N) is 2. The number of rotatable bonds is 3. The number of thiazole rings is 1. The molecule has 0 saturated carbocycles. The van der Waals surface area contributed by atoms with Crippen LogP contribution < -0.4 is 10.9 Å². The van der Waals surface area contributed by atoms with Crippen LogP contribution in [0, 0.1) is 17.5 Å². The molecule has 3 aromatic rings. The van der Waals surface area contributed by atoms with Crippen LogP contribution in [-0.2, 0) is 6.54 Å². The quantitative estimate of drug-likeness (QED) is 0.757. The Hall–Kier alpha value is -2.35. The zero-order valence-electron chi connectivity index (χ0n) is 10.4. The van der Waals surface area contributed by atoms with Crippen molar-refractivity contribution in [2.45, 2.75) is 6.54 Å². The second kappa shape index (κ2) is 5.21. The van der Waals surface area contributed by atoms with E-state index in [1.165, 1.54) is 21.8 Å². The summed E-state index contributed by atoms with van der Waals surface area (Å²) in [5.41, 5.74) is -0.0718. The topological polar surface area (TPSA) is 46.4 Å². The van der Waals surface area contributed by atoms with Crippen molar-refractivity contribution >= 4 is 22.0 Å². The molecular weight excluding hydrogens is 303 g/mol. The Balaban J connectivity index is 1.87. The lowest BCUT2D eigenvalue weighted by atomic mass is 10.2. The smallest absolute Gasteiger partial charge is 0.258 e. The zero-order chi connectivity index (χ0) is 15.0. The second-order valence-electron chi connectivity index (χ2n) is 4.22. The maximum absolute atomic E-state index is 13.5. The maximum atomic E-state index is 13.5. The van der Waals surface area contributed by atoms with Crippen LogP contribution in [-0.4, -0.2) is 9.38 Å². The van der Waals surface area contributed by atoms with Gasteiger partial charge in [-0.2, -0.15) is 0 Å². The van der Waals surface area contributed by atoms with Crippen LogP contribution in [0.25, 0.3) is 4.96 Å². The summed E-state index contributed by atoms with van der Waals surface area (Å²) >= 11 is 1.29. The molecule has 3 rings (SSSR count). The van der Waals surface area contributed by atoms with Gasteiger partial charge in [0, 0.05) is 17.6 Å². The standard InChI is InChI=1S/C13H8F3N3OS/c14-8-1-2-9(12(16)11(8)15)17-6-7-5-10(20)19-3-4-21-13(19)18-7/h1-5,17H,6H2. The highest BCUT2D eigenvalue weighted by Crippen LogP contribution is 2.20. The molecule has 0 atom stereocenters. The van der Waals surface area contributed by atoms with Crippen molar-refractivity contribution in [2.75, 3.05) is 5.32 Å². The second-order valence-corrected chi connectivity index (χ2v) is 5.09. The molecule has 0 saturated heterocycles. The Morgan fingerprint density at radius 2 is 2.05 bits per heavy atom. The lowest BCUT2D eigenvalue weighted by Crippen LogP contribution is -2.15. The molecule has 0 amide bonds. The molecule has 0 unspecified atom stereocenters. The lowest BCUT2D eigenvalue weighted by Gasteiger charge is -2.08. The van der Waals surface area contributed by atoms with Crippen LogP contribution in [0.3, 0.4) is 0 Å². The van der Waals surface area contributed by atoms with Gasteiger partial charge in [-0.15, -0.1) is 11.3 Å². The van der Waals surface area contributed by atoms with Gasteiger partial charge in [0.25, 0.3) is 5.56 Å². The highest BCUT2D eigenvalue weighted by Gasteiger charge is 2.13. The Morgan fingerprint density at radius 3 is 2.86 bits per heavy atom. The van der Waals surface area contributed by atoms with E-state index in [-0.39, 0.29) is 17.8 Å². The third-order valence-electron chi connectivity index (χ3n) is 2.85. The third-order valence-corrected chi connectivity index (χ3v) is 3.61. The molecule has 8 heteroatoms. The Kier molecular flexibility index (Phi) is 3.38. The normalized spacial score (nSPS) is 11.0. The van der Waals surface area contributed by atoms with Crippen molar-refractivity contribution in [3.63, 3.8) is 0 Å². The van der Waals surface area contributed by atoms with E-state index < -0.39 is 17.5 Å². The number of hydrogen-bond donors (Lipinski definition) is 1. The van der Waals surface area contributed by atoms with Gasteiger partial charge in [0.1, 0.15) is 0 Å². The van der Waals surface area contributed by atoms with Gasteiger partial charge in [-0.25, -0.2) is 18.2 Å². The summed E-state index contributed by atoms with van der Waals surface area (Å²) in [6.45, 7) is 0.0195. The summed E-state index contributed by atoms with van der Waals surface area (Å²) in [7, 11) is 0. The van der Waals surface area contributed by atoms with Gasteiger partial charge in [-0.05, 0) is 12.1 Å². The average molecular weight is 311 g/mol. The molecular formula is C13H8F3N3OS. The molecule has 108 valence electrons. The molecule has 0 aliphatic rings. The molecule has 21 heavy (non-hydrogen) atoms. The molecule has 0 spiro atoms. The van der Waals surface area contributed by atoms with Gasteiger partial charge in [0.15, 0.2) is 22.4 Å². The molecule has 0 fully saturated rings. The first kappa shape index (κ1) is 13.6. The van der Waals surface area contributed by atoms with Crippen molar-refractivity contribution in [1.82, 2.24) is 9.38 Å². The first-order valence-electron chi connectivity index (χ1n) is 5.89. The van der Waals surface area contributed by atoms with E-state index in [0.29, 0.717) is 10.7 Å². The predicted molar refractivity (Wildman–Crippen MR) is 73.0 cm³/mol. The zero-order valence-corrected chi connectivity index (χ0v) is 11.3. The van der Waals surface area contributed by atoms with Gasteiger partial charge in [0.2, 0.25) is 0 Å². The number of anilines is 1. The monoisotopic (exact) mass is 311 g/mol. The minimum atomic E-state index is -1.54. The van der Waals surface area contributed by atoms with E-state index in [4.69, 9.17) is 0 Å². The van der Waals surface area contributed by atoms with Crippen LogP contribution in [0.15, 0.2) is 34.6 Å². The summed E-state index contributed by atoms with van der Waals surface area (Å²) in [5.74, 6) is -4.10. The van der Waals surface area contributed by atoms with Crippen LogP contribution in [0.2, 0.25) is 0 Å². The molecule has 2 aromatic heterocycles. The number of hydrogen-bond acceptors (Lipinski definition) is 4. The van der Waals surface area contributed by atoms with E-state index >= 15 is 0 Å². The van der Waals surface area contributed by atoms with Gasteiger partial charge in [-0.1, -0.05) is 0 Å². The van der Waals surface area contributed by atoms with E-state index in [9.17, 15) is 18.0 Å². The molecule has 4 nitrogen and oxygen atoms in total. The number of aromatic nitrogens is 2. The van der Waals surface area contributed by atoms with Crippen molar-refractivity contribution in [2.24, 2.45) is 0 Å². The average Bonchev–Trinajstić information content (AvgIpc) is 2.93. The Labute approximate surface area is 120 Å². The van der Waals surface area contributed by atoms with Crippen molar-refractivity contribution in [3.8, 4) is 0 Å². The predicted octanol–water partition coefficient (Wildman–Crippen LogP) is 2.79. The third kappa shape index (κ3) is 2.49. The fourth-order valence-corrected chi connectivity index (χ4v) is 2.57. The molecule has 0 bridgehead atoms.